The van der Waals surface area contributed by atoms with E-state index in [4.69, 9.17) is 17.3 Å². The van der Waals surface area contributed by atoms with Crippen LogP contribution in [0.25, 0.3) is 0 Å². The molecule has 4 heteroatoms. The Morgan fingerprint density at radius 3 is 2.81 bits per heavy atom. The number of carbonyl (C=O) groups is 1. The van der Waals surface area contributed by atoms with Gasteiger partial charge in [0.15, 0.2) is 0 Å². The lowest BCUT2D eigenvalue weighted by molar-refractivity contribution is 0.100. The normalized spacial score (nSPS) is 10.1. The fourth-order valence-corrected chi connectivity index (χ4v) is 1.60. The molecule has 16 heavy (non-hydrogen) atoms. The van der Waals surface area contributed by atoms with Gasteiger partial charge in [0.05, 0.1) is 10.7 Å². The summed E-state index contributed by atoms with van der Waals surface area (Å²) < 4.78 is 0. The number of primary amides is 1. The first-order valence-corrected chi connectivity index (χ1v) is 5.86. The molecule has 1 rings (SSSR count). The van der Waals surface area contributed by atoms with Gasteiger partial charge < -0.3 is 11.1 Å². The van der Waals surface area contributed by atoms with Crippen molar-refractivity contribution in [3.63, 3.8) is 0 Å². The molecule has 1 aromatic carbocycles. The van der Waals surface area contributed by atoms with Crippen LogP contribution in [0, 0.1) is 0 Å². The minimum absolute atomic E-state index is 0.437. The van der Waals surface area contributed by atoms with Crippen molar-refractivity contribution >= 4 is 23.2 Å². The lowest BCUT2D eigenvalue weighted by Crippen LogP contribution is -2.11. The van der Waals surface area contributed by atoms with E-state index >= 15 is 0 Å². The molecule has 0 radical (unpaired) electrons. The van der Waals surface area contributed by atoms with Gasteiger partial charge in [-0.3, -0.25) is 4.79 Å². The Morgan fingerprint density at radius 2 is 2.19 bits per heavy atom. The summed E-state index contributed by atoms with van der Waals surface area (Å²) in [6.45, 7) is 3.01. The van der Waals surface area contributed by atoms with Crippen molar-refractivity contribution in [3.8, 4) is 0 Å². The van der Waals surface area contributed by atoms with Crippen LogP contribution in [0.3, 0.4) is 0 Å². The molecule has 0 bridgehead atoms. The van der Waals surface area contributed by atoms with Crippen molar-refractivity contribution in [2.24, 2.45) is 5.73 Å². The van der Waals surface area contributed by atoms with Crippen molar-refractivity contribution < 1.29 is 4.79 Å². The molecule has 0 aliphatic carbocycles. The van der Waals surface area contributed by atoms with Gasteiger partial charge in [-0.1, -0.05) is 31.4 Å². The maximum Gasteiger partial charge on any atom is 0.248 e. The Kier molecular flexibility index (Phi) is 5.12. The van der Waals surface area contributed by atoms with Crippen LogP contribution in [0.5, 0.6) is 0 Å². The van der Waals surface area contributed by atoms with Gasteiger partial charge in [-0.05, 0) is 24.6 Å². The molecule has 0 aliphatic heterocycles. The largest absolute Gasteiger partial charge is 0.384 e. The number of benzene rings is 1. The molecule has 0 saturated heterocycles. The van der Waals surface area contributed by atoms with Gasteiger partial charge in [0.1, 0.15) is 0 Å². The zero-order chi connectivity index (χ0) is 12.0. The molecule has 0 aliphatic rings. The molecule has 0 heterocycles. The van der Waals surface area contributed by atoms with Crippen molar-refractivity contribution in [3.05, 3.63) is 28.8 Å². The predicted molar refractivity (Wildman–Crippen MR) is 68.0 cm³/mol. The third kappa shape index (κ3) is 3.74. The number of hydrogen-bond donors (Lipinski definition) is 2. The van der Waals surface area contributed by atoms with E-state index in [1.807, 2.05) is 0 Å². The van der Waals surface area contributed by atoms with E-state index in [0.29, 0.717) is 10.6 Å². The highest BCUT2D eigenvalue weighted by molar-refractivity contribution is 6.33. The van der Waals surface area contributed by atoms with Crippen molar-refractivity contribution in [1.82, 2.24) is 0 Å². The van der Waals surface area contributed by atoms with Crippen LogP contribution in [0.2, 0.25) is 5.02 Å². The fraction of sp³-hybridized carbons (Fsp3) is 0.417. The van der Waals surface area contributed by atoms with Gasteiger partial charge in [-0.25, -0.2) is 0 Å². The van der Waals surface area contributed by atoms with E-state index in [1.54, 1.807) is 18.2 Å². The highest BCUT2D eigenvalue weighted by atomic mass is 35.5. The van der Waals surface area contributed by atoms with E-state index in [0.717, 1.165) is 18.7 Å². The molecular formula is C12H17ClN2O. The van der Waals surface area contributed by atoms with Gasteiger partial charge in [-0.15, -0.1) is 0 Å². The first-order chi connectivity index (χ1) is 7.65. The molecule has 3 N–H and O–H groups in total. The Hall–Kier alpha value is -1.22. The van der Waals surface area contributed by atoms with E-state index in [1.165, 1.54) is 12.8 Å². The van der Waals surface area contributed by atoms with Crippen LogP contribution >= 0.6 is 11.6 Å². The molecular weight excluding hydrogens is 224 g/mol. The van der Waals surface area contributed by atoms with Crippen LogP contribution in [0.4, 0.5) is 5.69 Å². The Labute approximate surface area is 101 Å². The van der Waals surface area contributed by atoms with Gasteiger partial charge in [-0.2, -0.15) is 0 Å². The van der Waals surface area contributed by atoms with E-state index < -0.39 is 5.91 Å². The van der Waals surface area contributed by atoms with Crippen molar-refractivity contribution in [2.45, 2.75) is 26.2 Å². The average molecular weight is 241 g/mol. The summed E-state index contributed by atoms with van der Waals surface area (Å²) >= 11 is 6.00. The number of hydrogen-bond acceptors (Lipinski definition) is 2. The molecule has 0 atom stereocenters. The monoisotopic (exact) mass is 240 g/mol. The molecule has 88 valence electrons. The second kappa shape index (κ2) is 6.38. The summed E-state index contributed by atoms with van der Waals surface area (Å²) in [5, 5.41) is 3.82. The number of carbonyl (C=O) groups excluding carboxylic acids is 1. The molecule has 3 nitrogen and oxygen atoms in total. The summed E-state index contributed by atoms with van der Waals surface area (Å²) in [6.07, 6.45) is 3.45. The van der Waals surface area contributed by atoms with Crippen molar-refractivity contribution in [1.29, 1.82) is 0 Å². The average Bonchev–Trinajstić information content (AvgIpc) is 2.26. The minimum Gasteiger partial charge on any atom is -0.384 e. The van der Waals surface area contributed by atoms with Gasteiger partial charge >= 0.3 is 0 Å². The number of rotatable bonds is 6. The summed E-state index contributed by atoms with van der Waals surface area (Å²) in [5.41, 5.74) is 6.45. The minimum atomic E-state index is -0.437. The summed E-state index contributed by atoms with van der Waals surface area (Å²) in [5.74, 6) is -0.437. The molecule has 1 aromatic rings. The van der Waals surface area contributed by atoms with Crippen LogP contribution in [-0.2, 0) is 0 Å². The number of amides is 1. The Bertz CT molecular complexity index is 366. The summed E-state index contributed by atoms with van der Waals surface area (Å²) in [6, 6.07) is 5.00. The standard InChI is InChI=1S/C12H17ClN2O/c1-2-3-4-7-15-11-8-9(12(14)16)5-6-10(11)13/h5-6,8,15H,2-4,7H2,1H3,(H2,14,16). The number of unbranched alkanes of at least 4 members (excludes halogenated alkanes) is 2. The van der Waals surface area contributed by atoms with Crippen molar-refractivity contribution in [2.75, 3.05) is 11.9 Å². The third-order valence-electron chi connectivity index (χ3n) is 2.35. The highest BCUT2D eigenvalue weighted by Gasteiger charge is 2.05. The first-order valence-electron chi connectivity index (χ1n) is 5.48. The summed E-state index contributed by atoms with van der Waals surface area (Å²) in [7, 11) is 0. The Balaban J connectivity index is 2.63. The third-order valence-corrected chi connectivity index (χ3v) is 2.68. The maximum absolute atomic E-state index is 11.0. The van der Waals surface area contributed by atoms with E-state index in [9.17, 15) is 4.79 Å². The molecule has 0 spiro atoms. The number of halogens is 1. The van der Waals surface area contributed by atoms with E-state index in [2.05, 4.69) is 12.2 Å². The maximum atomic E-state index is 11.0. The molecule has 0 aromatic heterocycles. The zero-order valence-electron chi connectivity index (χ0n) is 9.42. The van der Waals surface area contributed by atoms with Crippen LogP contribution in [0.1, 0.15) is 36.5 Å². The SMILES string of the molecule is CCCCCNc1cc(C(N)=O)ccc1Cl. The fourth-order valence-electron chi connectivity index (χ4n) is 1.41. The molecule has 0 saturated carbocycles. The molecule has 0 fully saturated rings. The summed E-state index contributed by atoms with van der Waals surface area (Å²) in [4.78, 5) is 11.0. The van der Waals surface area contributed by atoms with Crippen LogP contribution in [-0.4, -0.2) is 12.5 Å². The Morgan fingerprint density at radius 1 is 1.44 bits per heavy atom. The number of nitrogens with two attached hydrogens (primary N) is 1. The second-order valence-electron chi connectivity index (χ2n) is 3.69. The van der Waals surface area contributed by atoms with Gasteiger partial charge in [0, 0.05) is 12.1 Å². The topological polar surface area (TPSA) is 55.1 Å². The van der Waals surface area contributed by atoms with Crippen LogP contribution < -0.4 is 11.1 Å². The zero-order valence-corrected chi connectivity index (χ0v) is 10.2. The second-order valence-corrected chi connectivity index (χ2v) is 4.10. The molecule has 1 amide bonds. The van der Waals surface area contributed by atoms with Gasteiger partial charge in [0.25, 0.3) is 0 Å². The number of anilines is 1. The lowest BCUT2D eigenvalue weighted by atomic mass is 10.2. The number of nitrogens with one attached hydrogen (secondary N) is 1. The highest BCUT2D eigenvalue weighted by Crippen LogP contribution is 2.22. The first kappa shape index (κ1) is 12.8. The van der Waals surface area contributed by atoms with Gasteiger partial charge in [0.2, 0.25) is 5.91 Å². The lowest BCUT2D eigenvalue weighted by Gasteiger charge is -2.09. The molecule has 0 unspecified atom stereocenters. The van der Waals surface area contributed by atoms with E-state index in [-0.39, 0.29) is 0 Å². The predicted octanol–water partition coefficient (Wildman–Crippen LogP) is 3.04. The van der Waals surface area contributed by atoms with Crippen LogP contribution in [0.15, 0.2) is 18.2 Å². The quantitative estimate of drug-likeness (QED) is 0.751. The smallest absolute Gasteiger partial charge is 0.248 e.